The van der Waals surface area contributed by atoms with E-state index in [9.17, 15) is 13.2 Å². The van der Waals surface area contributed by atoms with E-state index in [1.54, 1.807) is 18.2 Å². The highest BCUT2D eigenvalue weighted by Gasteiger charge is 2.34. The van der Waals surface area contributed by atoms with Gasteiger partial charge >= 0.3 is 6.18 Å². The predicted molar refractivity (Wildman–Crippen MR) is 102 cm³/mol. The average Bonchev–Trinajstić information content (AvgIpc) is 3.37. The minimum atomic E-state index is -4.34. The molecule has 6 nitrogen and oxygen atoms in total. The Balaban J connectivity index is 1.43. The van der Waals surface area contributed by atoms with Gasteiger partial charge < -0.3 is 10.0 Å². The van der Waals surface area contributed by atoms with Crippen LogP contribution in [0.4, 0.5) is 19.0 Å². The van der Waals surface area contributed by atoms with Gasteiger partial charge in [0, 0.05) is 13.1 Å². The first-order valence-corrected chi connectivity index (χ1v) is 9.93. The molecule has 0 amide bonds. The highest BCUT2D eigenvalue weighted by atomic mass is 32.1. The number of hydrogen-bond acceptors (Lipinski definition) is 7. The van der Waals surface area contributed by atoms with Gasteiger partial charge in [-0.1, -0.05) is 29.5 Å². The Kier molecular flexibility index (Phi) is 5.46. The Bertz CT molecular complexity index is 976. The van der Waals surface area contributed by atoms with Gasteiger partial charge in [-0.15, -0.1) is 20.4 Å². The van der Waals surface area contributed by atoms with Crippen molar-refractivity contribution in [1.29, 1.82) is 0 Å². The number of halogens is 3. The summed E-state index contributed by atoms with van der Waals surface area (Å²) in [5.41, 5.74) is 0.354. The Morgan fingerprint density at radius 3 is 2.59 bits per heavy atom. The van der Waals surface area contributed by atoms with Crippen molar-refractivity contribution in [2.24, 2.45) is 5.92 Å². The Morgan fingerprint density at radius 1 is 1.07 bits per heavy atom. The van der Waals surface area contributed by atoms with Gasteiger partial charge in [-0.3, -0.25) is 0 Å². The van der Waals surface area contributed by atoms with Crippen molar-refractivity contribution >= 4 is 17.2 Å². The van der Waals surface area contributed by atoms with Crippen molar-refractivity contribution in [1.82, 2.24) is 20.4 Å². The number of aromatic nitrogens is 4. The lowest BCUT2D eigenvalue weighted by molar-refractivity contribution is -0.138. The van der Waals surface area contributed by atoms with Gasteiger partial charge in [0.15, 0.2) is 10.8 Å². The van der Waals surface area contributed by atoms with Crippen molar-refractivity contribution in [3.8, 4) is 10.7 Å². The van der Waals surface area contributed by atoms with Crippen molar-refractivity contribution in [2.75, 3.05) is 18.0 Å². The second-order valence-electron chi connectivity index (χ2n) is 6.90. The maximum absolute atomic E-state index is 13.2. The molecule has 1 saturated heterocycles. The molecule has 0 unspecified atom stereocenters. The quantitative estimate of drug-likeness (QED) is 0.679. The zero-order valence-corrected chi connectivity index (χ0v) is 16.1. The van der Waals surface area contributed by atoms with E-state index in [0.29, 0.717) is 40.1 Å². The number of hydrogen-bond donors (Lipinski definition) is 1. The summed E-state index contributed by atoms with van der Waals surface area (Å²) in [6, 6.07) is 9.39. The standard InChI is InChI=1S/C19H18F3N5OS/c20-19(21,22)14-4-2-1-3-13(14)9-12-7-8-27(10-12)16-6-5-15(23-24-16)18-26-25-17(11-28)29-18/h1-6,12,28H,7-11H2/t12-/m1/s1. The second kappa shape index (κ2) is 8.03. The molecule has 4 rings (SSSR count). The molecule has 0 aliphatic carbocycles. The molecule has 1 atom stereocenters. The lowest BCUT2D eigenvalue weighted by atomic mass is 9.95. The molecule has 0 bridgehead atoms. The number of anilines is 1. The molecular formula is C19H18F3N5OS. The molecule has 2 aromatic heterocycles. The summed E-state index contributed by atoms with van der Waals surface area (Å²) >= 11 is 1.25. The third-order valence-corrected chi connectivity index (χ3v) is 5.84. The predicted octanol–water partition coefficient (Wildman–Crippen LogP) is 3.58. The molecule has 1 aliphatic heterocycles. The molecule has 3 aromatic rings. The number of nitrogens with zero attached hydrogens (tertiary/aromatic N) is 5. The maximum Gasteiger partial charge on any atom is 0.416 e. The summed E-state index contributed by atoms with van der Waals surface area (Å²) in [4.78, 5) is 2.04. The normalized spacial score (nSPS) is 17.1. The minimum Gasteiger partial charge on any atom is -0.389 e. The Hall–Kier alpha value is -2.59. The number of aliphatic hydroxyl groups excluding tert-OH is 1. The lowest BCUT2D eigenvalue weighted by Gasteiger charge is -2.18. The first-order valence-electron chi connectivity index (χ1n) is 9.11. The molecule has 1 fully saturated rings. The van der Waals surface area contributed by atoms with Crippen LogP contribution in [0.2, 0.25) is 0 Å². The van der Waals surface area contributed by atoms with Gasteiger partial charge in [0.05, 0.1) is 12.2 Å². The first-order chi connectivity index (χ1) is 13.9. The van der Waals surface area contributed by atoms with Crippen LogP contribution in [0.5, 0.6) is 0 Å². The lowest BCUT2D eigenvalue weighted by Crippen LogP contribution is -2.22. The van der Waals surface area contributed by atoms with Crippen LogP contribution in [0.15, 0.2) is 36.4 Å². The third kappa shape index (κ3) is 4.38. The molecule has 1 N–H and O–H groups in total. The summed E-state index contributed by atoms with van der Waals surface area (Å²) in [7, 11) is 0. The van der Waals surface area contributed by atoms with Gasteiger partial charge in [-0.05, 0) is 42.5 Å². The highest BCUT2D eigenvalue weighted by molar-refractivity contribution is 7.14. The summed E-state index contributed by atoms with van der Waals surface area (Å²) < 4.78 is 39.6. The highest BCUT2D eigenvalue weighted by Crippen LogP contribution is 2.34. The van der Waals surface area contributed by atoms with E-state index in [-0.39, 0.29) is 12.5 Å². The Morgan fingerprint density at radius 2 is 1.90 bits per heavy atom. The molecule has 0 radical (unpaired) electrons. The molecule has 3 heterocycles. The number of aliphatic hydroxyl groups is 1. The van der Waals surface area contributed by atoms with E-state index in [1.165, 1.54) is 17.4 Å². The maximum atomic E-state index is 13.2. The van der Waals surface area contributed by atoms with Crippen LogP contribution in [0.1, 0.15) is 22.6 Å². The zero-order valence-electron chi connectivity index (χ0n) is 15.3. The summed E-state index contributed by atoms with van der Waals surface area (Å²) in [5.74, 6) is 0.808. The molecular weight excluding hydrogens is 403 g/mol. The summed E-state index contributed by atoms with van der Waals surface area (Å²) in [6.07, 6.45) is -3.16. The van der Waals surface area contributed by atoms with Gasteiger partial charge in [0.1, 0.15) is 10.7 Å². The fourth-order valence-corrected chi connectivity index (χ4v) is 4.19. The van der Waals surface area contributed by atoms with Crippen molar-refractivity contribution in [3.63, 3.8) is 0 Å². The van der Waals surface area contributed by atoms with Gasteiger partial charge in [-0.2, -0.15) is 13.2 Å². The monoisotopic (exact) mass is 421 g/mol. The van der Waals surface area contributed by atoms with Crippen LogP contribution in [0, 0.1) is 5.92 Å². The zero-order chi connectivity index (χ0) is 20.4. The van der Waals surface area contributed by atoms with Crippen molar-refractivity contribution in [2.45, 2.75) is 25.6 Å². The SMILES string of the molecule is OCc1nnc(-c2ccc(N3CC[C@H](Cc4ccccc4C(F)(F)F)C3)nn2)s1. The van der Waals surface area contributed by atoms with Crippen molar-refractivity contribution < 1.29 is 18.3 Å². The van der Waals surface area contributed by atoms with Crippen LogP contribution in [0.25, 0.3) is 10.7 Å². The van der Waals surface area contributed by atoms with Gasteiger partial charge in [0.25, 0.3) is 0 Å². The number of benzene rings is 1. The molecule has 1 aromatic carbocycles. The largest absolute Gasteiger partial charge is 0.416 e. The minimum absolute atomic E-state index is 0.121. The number of rotatable bonds is 5. The van der Waals surface area contributed by atoms with Gasteiger partial charge in [-0.25, -0.2) is 0 Å². The average molecular weight is 421 g/mol. The second-order valence-corrected chi connectivity index (χ2v) is 7.96. The van der Waals surface area contributed by atoms with Gasteiger partial charge in [0.2, 0.25) is 0 Å². The van der Waals surface area contributed by atoms with Crippen LogP contribution in [0.3, 0.4) is 0 Å². The van der Waals surface area contributed by atoms with Crippen LogP contribution < -0.4 is 4.90 Å². The summed E-state index contributed by atoms with van der Waals surface area (Å²) in [6.45, 7) is 1.18. The fraction of sp³-hybridized carbons (Fsp3) is 0.368. The topological polar surface area (TPSA) is 75.0 Å². The molecule has 0 saturated carbocycles. The molecule has 0 spiro atoms. The van der Waals surface area contributed by atoms with Crippen LogP contribution >= 0.6 is 11.3 Å². The van der Waals surface area contributed by atoms with E-state index >= 15 is 0 Å². The molecule has 1 aliphatic rings. The van der Waals surface area contributed by atoms with E-state index in [0.717, 1.165) is 19.0 Å². The first kappa shape index (κ1) is 19.7. The van der Waals surface area contributed by atoms with E-state index in [2.05, 4.69) is 20.4 Å². The smallest absolute Gasteiger partial charge is 0.389 e. The van der Waals surface area contributed by atoms with Crippen LogP contribution in [-0.4, -0.2) is 38.6 Å². The van der Waals surface area contributed by atoms with E-state index in [1.807, 2.05) is 11.0 Å². The molecule has 10 heteroatoms. The van der Waals surface area contributed by atoms with Crippen molar-refractivity contribution in [3.05, 3.63) is 52.5 Å². The fourth-order valence-electron chi connectivity index (χ4n) is 3.52. The Labute approximate surface area is 169 Å². The summed E-state index contributed by atoms with van der Waals surface area (Å²) in [5, 5.41) is 26.4. The van der Waals surface area contributed by atoms with E-state index < -0.39 is 11.7 Å². The van der Waals surface area contributed by atoms with E-state index in [4.69, 9.17) is 5.11 Å². The molecule has 29 heavy (non-hydrogen) atoms. The third-order valence-electron chi connectivity index (χ3n) is 4.91. The number of alkyl halides is 3. The van der Waals surface area contributed by atoms with Crippen LogP contribution in [-0.2, 0) is 19.2 Å². The molecule has 152 valence electrons.